The molecule has 1 aromatic carbocycles. The molecule has 3 amide bonds. The van der Waals surface area contributed by atoms with Crippen molar-refractivity contribution >= 4 is 23.7 Å². The van der Waals surface area contributed by atoms with Gasteiger partial charge in [0.15, 0.2) is 0 Å². The highest BCUT2D eigenvalue weighted by atomic mass is 32.2. The van der Waals surface area contributed by atoms with E-state index in [-0.39, 0.29) is 23.2 Å². The summed E-state index contributed by atoms with van der Waals surface area (Å²) in [6, 6.07) is 5.98. The summed E-state index contributed by atoms with van der Waals surface area (Å²) in [4.78, 5) is 24.9. The number of nitrogens with one attached hydrogen (secondary N) is 2. The van der Waals surface area contributed by atoms with Gasteiger partial charge >= 0.3 is 6.03 Å². The molecule has 0 saturated heterocycles. The molecule has 1 aliphatic carbocycles. The minimum atomic E-state index is -0.371. The molecule has 5 heteroatoms. The number of urea groups is 1. The molecule has 0 heterocycles. The summed E-state index contributed by atoms with van der Waals surface area (Å²) in [5.41, 5.74) is 2.44. The molecule has 4 nitrogen and oxygen atoms in total. The molecule has 0 aromatic heterocycles. The van der Waals surface area contributed by atoms with Gasteiger partial charge in [-0.05, 0) is 56.9 Å². The lowest BCUT2D eigenvalue weighted by Crippen LogP contribution is -2.45. The van der Waals surface area contributed by atoms with Gasteiger partial charge in [0.25, 0.3) is 0 Å². The molecule has 0 spiro atoms. The molecule has 2 rings (SSSR count). The second-order valence-electron chi connectivity index (χ2n) is 5.95. The summed E-state index contributed by atoms with van der Waals surface area (Å²) in [7, 11) is 0. The zero-order valence-corrected chi connectivity index (χ0v) is 14.3. The largest absolute Gasteiger partial charge is 0.335 e. The number of carbonyl (C=O) groups is 2. The Morgan fingerprint density at radius 3 is 2.50 bits per heavy atom. The fourth-order valence-corrected chi connectivity index (χ4v) is 3.52. The average Bonchev–Trinajstić information content (AvgIpc) is 2.95. The Bertz CT molecular complexity index is 554. The molecular formula is C17H24N2O2S. The van der Waals surface area contributed by atoms with Crippen LogP contribution in [-0.2, 0) is 4.79 Å². The van der Waals surface area contributed by atoms with Crippen molar-refractivity contribution in [1.82, 2.24) is 10.6 Å². The Morgan fingerprint density at radius 1 is 1.18 bits per heavy atom. The summed E-state index contributed by atoms with van der Waals surface area (Å²) < 4.78 is 0. The SMILES string of the molecule is Cc1ccc(S[C@@H](C)C(=O)NC(=O)NC2CCCC2)cc1C. The highest BCUT2D eigenvalue weighted by molar-refractivity contribution is 8.00. The van der Waals surface area contributed by atoms with E-state index < -0.39 is 0 Å². The van der Waals surface area contributed by atoms with E-state index in [1.165, 1.54) is 22.9 Å². The summed E-state index contributed by atoms with van der Waals surface area (Å²) in [5, 5.41) is 5.00. The fourth-order valence-electron chi connectivity index (χ4n) is 2.55. The third kappa shape index (κ3) is 4.77. The van der Waals surface area contributed by atoms with Crippen LogP contribution in [0.1, 0.15) is 43.7 Å². The van der Waals surface area contributed by atoms with E-state index in [9.17, 15) is 9.59 Å². The first-order valence-corrected chi connectivity index (χ1v) is 8.69. The molecule has 0 radical (unpaired) electrons. The molecule has 1 aromatic rings. The molecule has 1 fully saturated rings. The van der Waals surface area contributed by atoms with Crippen LogP contribution in [0.4, 0.5) is 4.79 Å². The molecule has 1 aliphatic rings. The second kappa shape index (κ2) is 7.68. The van der Waals surface area contributed by atoms with E-state index in [1.807, 2.05) is 13.0 Å². The van der Waals surface area contributed by atoms with Crippen LogP contribution < -0.4 is 10.6 Å². The molecule has 22 heavy (non-hydrogen) atoms. The maximum Gasteiger partial charge on any atom is 0.321 e. The molecular weight excluding hydrogens is 296 g/mol. The van der Waals surface area contributed by atoms with E-state index in [4.69, 9.17) is 0 Å². The maximum atomic E-state index is 12.1. The van der Waals surface area contributed by atoms with E-state index >= 15 is 0 Å². The normalized spacial score (nSPS) is 16.3. The lowest BCUT2D eigenvalue weighted by Gasteiger charge is -2.15. The number of hydrogen-bond acceptors (Lipinski definition) is 3. The van der Waals surface area contributed by atoms with Crippen molar-refractivity contribution < 1.29 is 9.59 Å². The van der Waals surface area contributed by atoms with E-state index in [0.717, 1.165) is 30.6 Å². The number of amides is 3. The molecule has 0 aliphatic heterocycles. The Hall–Kier alpha value is -1.49. The quantitative estimate of drug-likeness (QED) is 0.834. The number of hydrogen-bond donors (Lipinski definition) is 2. The third-order valence-corrected chi connectivity index (χ3v) is 5.18. The van der Waals surface area contributed by atoms with Crippen molar-refractivity contribution in [2.24, 2.45) is 0 Å². The molecule has 1 atom stereocenters. The summed E-state index contributed by atoms with van der Waals surface area (Å²) in [5.74, 6) is -0.251. The molecule has 120 valence electrons. The smallest absolute Gasteiger partial charge is 0.321 e. The number of benzene rings is 1. The van der Waals surface area contributed by atoms with Crippen LogP contribution in [0.2, 0.25) is 0 Å². The van der Waals surface area contributed by atoms with Gasteiger partial charge in [0.05, 0.1) is 5.25 Å². The van der Waals surface area contributed by atoms with E-state index in [2.05, 4.69) is 36.6 Å². The van der Waals surface area contributed by atoms with Gasteiger partial charge in [0, 0.05) is 10.9 Å². The van der Waals surface area contributed by atoms with Crippen molar-refractivity contribution in [1.29, 1.82) is 0 Å². The van der Waals surface area contributed by atoms with Crippen molar-refractivity contribution in [3.8, 4) is 0 Å². The topological polar surface area (TPSA) is 58.2 Å². The lowest BCUT2D eigenvalue weighted by molar-refractivity contribution is -0.119. The van der Waals surface area contributed by atoms with Crippen molar-refractivity contribution in [3.63, 3.8) is 0 Å². The van der Waals surface area contributed by atoms with Gasteiger partial charge in [-0.15, -0.1) is 11.8 Å². The predicted molar refractivity (Wildman–Crippen MR) is 90.2 cm³/mol. The van der Waals surface area contributed by atoms with Gasteiger partial charge in [-0.2, -0.15) is 0 Å². The highest BCUT2D eigenvalue weighted by Crippen LogP contribution is 2.25. The van der Waals surface area contributed by atoms with Gasteiger partial charge in [-0.3, -0.25) is 10.1 Å². The first kappa shape index (κ1) is 16.9. The van der Waals surface area contributed by atoms with Crippen LogP contribution in [0.3, 0.4) is 0 Å². The summed E-state index contributed by atoms with van der Waals surface area (Å²) in [6.45, 7) is 5.94. The van der Waals surface area contributed by atoms with E-state index in [0.29, 0.717) is 0 Å². The van der Waals surface area contributed by atoms with Gasteiger partial charge in [-0.25, -0.2) is 4.79 Å². The predicted octanol–water partition coefficient (Wildman–Crippen LogP) is 3.55. The highest BCUT2D eigenvalue weighted by Gasteiger charge is 2.21. The molecule has 1 saturated carbocycles. The Labute approximate surface area is 136 Å². The standard InChI is InChI=1S/C17H24N2O2S/c1-11-8-9-15(10-12(11)2)22-13(3)16(20)19-17(21)18-14-6-4-5-7-14/h8-10,13-14H,4-7H2,1-3H3,(H2,18,19,20,21)/t13-/m0/s1. The lowest BCUT2D eigenvalue weighted by atomic mass is 10.1. The second-order valence-corrected chi connectivity index (χ2v) is 7.36. The monoisotopic (exact) mass is 320 g/mol. The summed E-state index contributed by atoms with van der Waals surface area (Å²) in [6.07, 6.45) is 4.32. The number of rotatable bonds is 4. The van der Waals surface area contributed by atoms with Crippen LogP contribution in [0.25, 0.3) is 0 Å². The van der Waals surface area contributed by atoms with Crippen LogP contribution in [0, 0.1) is 13.8 Å². The van der Waals surface area contributed by atoms with Crippen molar-refractivity contribution in [3.05, 3.63) is 29.3 Å². The van der Waals surface area contributed by atoms with E-state index in [1.54, 1.807) is 0 Å². The molecule has 0 bridgehead atoms. The summed E-state index contributed by atoms with van der Waals surface area (Å²) >= 11 is 1.47. The van der Waals surface area contributed by atoms with Gasteiger partial charge in [0.1, 0.15) is 0 Å². The van der Waals surface area contributed by atoms with Crippen LogP contribution in [0.5, 0.6) is 0 Å². The third-order valence-electron chi connectivity index (χ3n) is 4.09. The first-order chi connectivity index (χ1) is 10.5. The van der Waals surface area contributed by atoms with Crippen molar-refractivity contribution in [2.45, 2.75) is 62.6 Å². The maximum absolute atomic E-state index is 12.1. The zero-order chi connectivity index (χ0) is 16.1. The van der Waals surface area contributed by atoms with Crippen LogP contribution in [-0.4, -0.2) is 23.2 Å². The zero-order valence-electron chi connectivity index (χ0n) is 13.4. The minimum Gasteiger partial charge on any atom is -0.335 e. The van der Waals surface area contributed by atoms with Crippen LogP contribution >= 0.6 is 11.8 Å². The molecule has 2 N–H and O–H groups in total. The van der Waals surface area contributed by atoms with Gasteiger partial charge in [0.2, 0.25) is 5.91 Å². The Balaban J connectivity index is 1.83. The fraction of sp³-hybridized carbons (Fsp3) is 0.529. The number of carbonyl (C=O) groups excluding carboxylic acids is 2. The number of aryl methyl sites for hydroxylation is 2. The number of imide groups is 1. The molecule has 0 unspecified atom stereocenters. The minimum absolute atomic E-state index is 0.218. The average molecular weight is 320 g/mol. The van der Waals surface area contributed by atoms with Crippen molar-refractivity contribution in [2.75, 3.05) is 0 Å². The van der Waals surface area contributed by atoms with Crippen LogP contribution in [0.15, 0.2) is 23.1 Å². The van der Waals surface area contributed by atoms with Gasteiger partial charge < -0.3 is 5.32 Å². The first-order valence-electron chi connectivity index (χ1n) is 7.81. The Morgan fingerprint density at radius 2 is 1.86 bits per heavy atom. The van der Waals surface area contributed by atoms with Gasteiger partial charge in [-0.1, -0.05) is 18.9 Å². The number of thioether (sulfide) groups is 1. The Kier molecular flexibility index (Phi) is 5.89.